The molecule has 0 aromatic heterocycles. The van der Waals surface area contributed by atoms with Gasteiger partial charge >= 0.3 is 0 Å². The SMILES string of the molecule is CCC[C@@H](C)NCCOCCO. The zero-order valence-electron chi connectivity index (χ0n) is 8.18. The van der Waals surface area contributed by atoms with Crippen LogP contribution in [0.3, 0.4) is 0 Å². The number of aliphatic hydroxyl groups excluding tert-OH is 1. The fraction of sp³-hybridized carbons (Fsp3) is 1.00. The summed E-state index contributed by atoms with van der Waals surface area (Å²) < 4.78 is 5.10. The first kappa shape index (κ1) is 11.9. The third kappa shape index (κ3) is 7.98. The zero-order valence-corrected chi connectivity index (χ0v) is 8.18. The van der Waals surface area contributed by atoms with Crippen LogP contribution in [0.25, 0.3) is 0 Å². The number of hydrogen-bond acceptors (Lipinski definition) is 3. The minimum atomic E-state index is 0.116. The average Bonchev–Trinajstić information content (AvgIpc) is 2.05. The van der Waals surface area contributed by atoms with Crippen molar-refractivity contribution in [1.29, 1.82) is 0 Å². The van der Waals surface area contributed by atoms with Gasteiger partial charge in [0.25, 0.3) is 0 Å². The van der Waals surface area contributed by atoms with E-state index in [0.29, 0.717) is 19.3 Å². The van der Waals surface area contributed by atoms with Crippen LogP contribution in [0, 0.1) is 0 Å². The van der Waals surface area contributed by atoms with Crippen LogP contribution in [0.15, 0.2) is 0 Å². The van der Waals surface area contributed by atoms with E-state index in [1.807, 2.05) is 0 Å². The lowest BCUT2D eigenvalue weighted by Gasteiger charge is -2.12. The summed E-state index contributed by atoms with van der Waals surface area (Å²) in [4.78, 5) is 0. The van der Waals surface area contributed by atoms with Gasteiger partial charge in [-0.25, -0.2) is 0 Å². The van der Waals surface area contributed by atoms with Crippen LogP contribution in [0.1, 0.15) is 26.7 Å². The molecule has 1 atom stereocenters. The number of hydrogen-bond donors (Lipinski definition) is 2. The molecule has 0 aromatic rings. The van der Waals surface area contributed by atoms with Gasteiger partial charge in [-0.15, -0.1) is 0 Å². The number of rotatable bonds is 8. The lowest BCUT2D eigenvalue weighted by molar-refractivity contribution is 0.0927. The van der Waals surface area contributed by atoms with Crippen molar-refractivity contribution in [3.63, 3.8) is 0 Å². The molecule has 74 valence electrons. The van der Waals surface area contributed by atoms with Gasteiger partial charge in [-0.1, -0.05) is 13.3 Å². The maximum Gasteiger partial charge on any atom is 0.0698 e. The first-order valence-electron chi connectivity index (χ1n) is 4.73. The van der Waals surface area contributed by atoms with Gasteiger partial charge in [0.15, 0.2) is 0 Å². The van der Waals surface area contributed by atoms with E-state index in [1.165, 1.54) is 12.8 Å². The summed E-state index contributed by atoms with van der Waals surface area (Å²) >= 11 is 0. The van der Waals surface area contributed by atoms with Gasteiger partial charge in [-0.2, -0.15) is 0 Å². The van der Waals surface area contributed by atoms with E-state index in [4.69, 9.17) is 9.84 Å². The molecular weight excluding hydrogens is 154 g/mol. The van der Waals surface area contributed by atoms with E-state index in [-0.39, 0.29) is 6.61 Å². The van der Waals surface area contributed by atoms with Gasteiger partial charge in [0, 0.05) is 12.6 Å². The van der Waals surface area contributed by atoms with E-state index in [2.05, 4.69) is 19.2 Å². The van der Waals surface area contributed by atoms with Crippen LogP contribution >= 0.6 is 0 Å². The molecule has 0 fully saturated rings. The van der Waals surface area contributed by atoms with Gasteiger partial charge in [0.05, 0.1) is 19.8 Å². The Bertz CT molecular complexity index is 88.6. The molecule has 3 heteroatoms. The van der Waals surface area contributed by atoms with Crippen LogP contribution in [0.2, 0.25) is 0 Å². The van der Waals surface area contributed by atoms with Crippen molar-refractivity contribution in [1.82, 2.24) is 5.32 Å². The largest absolute Gasteiger partial charge is 0.394 e. The Labute approximate surface area is 75.1 Å². The number of aliphatic hydroxyl groups is 1. The summed E-state index contributed by atoms with van der Waals surface area (Å²) in [6.45, 7) is 6.49. The molecule has 0 aliphatic heterocycles. The molecule has 0 aliphatic carbocycles. The molecule has 3 nitrogen and oxygen atoms in total. The third-order valence-electron chi connectivity index (χ3n) is 1.70. The van der Waals surface area contributed by atoms with E-state index < -0.39 is 0 Å². The summed E-state index contributed by atoms with van der Waals surface area (Å²) in [5, 5.41) is 11.7. The van der Waals surface area contributed by atoms with E-state index in [9.17, 15) is 0 Å². The molecule has 0 amide bonds. The molecule has 0 unspecified atom stereocenters. The van der Waals surface area contributed by atoms with Crippen LogP contribution in [0.4, 0.5) is 0 Å². The van der Waals surface area contributed by atoms with Crippen molar-refractivity contribution in [2.75, 3.05) is 26.4 Å². The molecular formula is C9H21NO2. The molecule has 0 rings (SSSR count). The molecule has 0 saturated heterocycles. The predicted molar refractivity (Wildman–Crippen MR) is 50.3 cm³/mol. The second-order valence-corrected chi connectivity index (χ2v) is 2.98. The Morgan fingerprint density at radius 2 is 2.17 bits per heavy atom. The molecule has 0 saturated carbocycles. The minimum absolute atomic E-state index is 0.116. The highest BCUT2D eigenvalue weighted by Crippen LogP contribution is 1.93. The van der Waals surface area contributed by atoms with Crippen molar-refractivity contribution in [3.05, 3.63) is 0 Å². The molecule has 2 N–H and O–H groups in total. The molecule has 0 heterocycles. The van der Waals surface area contributed by atoms with Crippen molar-refractivity contribution < 1.29 is 9.84 Å². The quantitative estimate of drug-likeness (QED) is 0.535. The highest BCUT2D eigenvalue weighted by Gasteiger charge is 1.97. The summed E-state index contributed by atoms with van der Waals surface area (Å²) in [6, 6.07) is 0.577. The maximum atomic E-state index is 8.41. The predicted octanol–water partition coefficient (Wildman–Crippen LogP) is 0.774. The summed E-state index contributed by atoms with van der Waals surface area (Å²) in [6.07, 6.45) is 2.42. The normalized spacial score (nSPS) is 13.2. The molecule has 0 radical (unpaired) electrons. The fourth-order valence-electron chi connectivity index (χ4n) is 1.08. The van der Waals surface area contributed by atoms with Crippen LogP contribution in [-0.4, -0.2) is 37.5 Å². The standard InChI is InChI=1S/C9H21NO2/c1-3-4-9(2)10-5-7-12-8-6-11/h9-11H,3-8H2,1-2H3/t9-/m1/s1. The Kier molecular flexibility index (Phi) is 8.88. The summed E-state index contributed by atoms with van der Waals surface area (Å²) in [5.41, 5.74) is 0. The zero-order chi connectivity index (χ0) is 9.23. The third-order valence-corrected chi connectivity index (χ3v) is 1.70. The van der Waals surface area contributed by atoms with Crippen LogP contribution < -0.4 is 5.32 Å². The van der Waals surface area contributed by atoms with Crippen molar-refractivity contribution in [3.8, 4) is 0 Å². The van der Waals surface area contributed by atoms with Gasteiger partial charge in [0.2, 0.25) is 0 Å². The molecule has 0 bridgehead atoms. The number of ether oxygens (including phenoxy) is 1. The van der Waals surface area contributed by atoms with Crippen molar-refractivity contribution in [2.24, 2.45) is 0 Å². The second-order valence-electron chi connectivity index (χ2n) is 2.98. The molecule has 0 aromatic carbocycles. The molecule has 12 heavy (non-hydrogen) atoms. The van der Waals surface area contributed by atoms with Gasteiger partial charge in [-0.3, -0.25) is 0 Å². The number of nitrogens with one attached hydrogen (secondary N) is 1. The van der Waals surface area contributed by atoms with E-state index >= 15 is 0 Å². The molecule has 0 spiro atoms. The average molecular weight is 175 g/mol. The van der Waals surface area contributed by atoms with E-state index in [0.717, 1.165) is 6.54 Å². The Balaban J connectivity index is 2.97. The van der Waals surface area contributed by atoms with Crippen LogP contribution in [-0.2, 0) is 4.74 Å². The van der Waals surface area contributed by atoms with Gasteiger partial charge in [0.1, 0.15) is 0 Å². The lowest BCUT2D eigenvalue weighted by atomic mass is 10.2. The summed E-state index contributed by atoms with van der Waals surface area (Å²) in [5.74, 6) is 0. The van der Waals surface area contributed by atoms with E-state index in [1.54, 1.807) is 0 Å². The van der Waals surface area contributed by atoms with Crippen molar-refractivity contribution in [2.45, 2.75) is 32.7 Å². The highest BCUT2D eigenvalue weighted by molar-refractivity contribution is 4.58. The maximum absolute atomic E-state index is 8.41. The monoisotopic (exact) mass is 175 g/mol. The topological polar surface area (TPSA) is 41.5 Å². The van der Waals surface area contributed by atoms with Crippen LogP contribution in [0.5, 0.6) is 0 Å². The van der Waals surface area contributed by atoms with Crippen molar-refractivity contribution >= 4 is 0 Å². The second kappa shape index (κ2) is 8.97. The van der Waals surface area contributed by atoms with Gasteiger partial charge in [-0.05, 0) is 13.3 Å². The van der Waals surface area contributed by atoms with Gasteiger partial charge < -0.3 is 15.2 Å². The lowest BCUT2D eigenvalue weighted by Crippen LogP contribution is -2.29. The highest BCUT2D eigenvalue weighted by atomic mass is 16.5. The first-order chi connectivity index (χ1) is 5.81. The Morgan fingerprint density at radius 1 is 1.42 bits per heavy atom. The fourth-order valence-corrected chi connectivity index (χ4v) is 1.08. The first-order valence-corrected chi connectivity index (χ1v) is 4.73. The minimum Gasteiger partial charge on any atom is -0.394 e. The Morgan fingerprint density at radius 3 is 2.75 bits per heavy atom. The Hall–Kier alpha value is -0.120. The molecule has 0 aliphatic rings. The summed E-state index contributed by atoms with van der Waals surface area (Å²) in [7, 11) is 0. The smallest absolute Gasteiger partial charge is 0.0698 e.